The summed E-state index contributed by atoms with van der Waals surface area (Å²) in [5.41, 5.74) is 10.8. The minimum Gasteiger partial charge on any atom is -0.490 e. The molecule has 0 radical (unpaired) electrons. The number of thiazole rings is 1. The van der Waals surface area contributed by atoms with Crippen molar-refractivity contribution in [3.8, 4) is 32.8 Å². The smallest absolute Gasteiger partial charge is 0.237 e. The van der Waals surface area contributed by atoms with E-state index in [2.05, 4.69) is 28.5 Å². The first kappa shape index (κ1) is 23.0. The maximum atomic E-state index is 12.3. The van der Waals surface area contributed by atoms with Crippen molar-refractivity contribution in [3.63, 3.8) is 0 Å². The molecule has 0 spiro atoms. The van der Waals surface area contributed by atoms with E-state index in [1.54, 1.807) is 11.3 Å². The predicted molar refractivity (Wildman–Crippen MR) is 131 cm³/mol. The van der Waals surface area contributed by atoms with Gasteiger partial charge in [-0.25, -0.2) is 4.98 Å². The molecule has 2 atom stereocenters. The molecule has 0 saturated heterocycles. The summed E-state index contributed by atoms with van der Waals surface area (Å²) in [4.78, 5) is 18.0. The number of rotatable bonds is 7. The number of fused-ring (bicyclic) bond motifs is 1. The van der Waals surface area contributed by atoms with Crippen LogP contribution in [-0.2, 0) is 11.2 Å². The van der Waals surface area contributed by atoms with Gasteiger partial charge in [0.1, 0.15) is 16.8 Å². The topological polar surface area (TPSA) is 101 Å². The Balaban J connectivity index is 1.61. The summed E-state index contributed by atoms with van der Waals surface area (Å²) in [6, 6.07) is 13.6. The van der Waals surface area contributed by atoms with Crippen LogP contribution in [0.5, 0.6) is 5.75 Å². The fourth-order valence-electron chi connectivity index (χ4n) is 4.14. The molecular formula is C26H28N4O2S. The van der Waals surface area contributed by atoms with Gasteiger partial charge in [0.2, 0.25) is 5.91 Å². The van der Waals surface area contributed by atoms with Gasteiger partial charge < -0.3 is 15.8 Å². The summed E-state index contributed by atoms with van der Waals surface area (Å²) < 4.78 is 5.73. The third-order valence-electron chi connectivity index (χ3n) is 5.84. The SMILES string of the molecule is CC[C@H](N)C(=O)N[C@@H]1CCc2c(-c3cnc(-c4ccc(OC(C)C)c(C#N)c4)s3)cccc21. The van der Waals surface area contributed by atoms with Crippen molar-refractivity contribution < 1.29 is 9.53 Å². The Morgan fingerprint density at radius 1 is 1.36 bits per heavy atom. The number of nitrogens with zero attached hydrogens (tertiary/aromatic N) is 2. The van der Waals surface area contributed by atoms with Crippen molar-refractivity contribution in [2.75, 3.05) is 0 Å². The standard InChI is InChI=1S/C26H28N4O2S/c1-4-21(28)25(31)30-22-10-9-18-19(22)6-5-7-20(18)24-14-29-26(33-24)16-8-11-23(32-15(2)3)17(12-16)13-27/h5-8,11-12,14-15,21-22H,4,9-10,28H2,1-3H3,(H,30,31)/t21-,22+/m0/s1. The van der Waals surface area contributed by atoms with Crippen molar-refractivity contribution in [2.24, 2.45) is 5.73 Å². The van der Waals surface area contributed by atoms with Gasteiger partial charge in [0, 0.05) is 11.8 Å². The molecule has 1 heterocycles. The molecule has 6 nitrogen and oxygen atoms in total. The number of nitrogens with two attached hydrogens (primary N) is 1. The molecule has 3 N–H and O–H groups in total. The lowest BCUT2D eigenvalue weighted by Gasteiger charge is -2.17. The maximum Gasteiger partial charge on any atom is 0.237 e. The molecule has 2 aromatic carbocycles. The Hall–Kier alpha value is -3.21. The number of carbonyl (C=O) groups excluding carboxylic acids is 1. The van der Waals surface area contributed by atoms with E-state index in [0.29, 0.717) is 17.7 Å². The minimum atomic E-state index is -0.475. The van der Waals surface area contributed by atoms with E-state index >= 15 is 0 Å². The van der Waals surface area contributed by atoms with Crippen LogP contribution in [-0.4, -0.2) is 23.0 Å². The molecule has 1 aliphatic rings. The molecule has 7 heteroatoms. The van der Waals surface area contributed by atoms with E-state index in [0.717, 1.165) is 39.4 Å². The normalized spacial score (nSPS) is 15.7. The lowest BCUT2D eigenvalue weighted by Crippen LogP contribution is -2.41. The Morgan fingerprint density at radius 2 is 2.18 bits per heavy atom. The summed E-state index contributed by atoms with van der Waals surface area (Å²) in [5.74, 6) is 0.490. The van der Waals surface area contributed by atoms with Gasteiger partial charge in [-0.2, -0.15) is 5.26 Å². The molecule has 33 heavy (non-hydrogen) atoms. The fraction of sp³-hybridized carbons (Fsp3) is 0.346. The van der Waals surface area contributed by atoms with Gasteiger partial charge in [-0.1, -0.05) is 25.1 Å². The number of ether oxygens (including phenoxy) is 1. The zero-order chi connectivity index (χ0) is 23.5. The number of hydrogen-bond acceptors (Lipinski definition) is 6. The van der Waals surface area contributed by atoms with Crippen LogP contribution in [0.1, 0.15) is 56.3 Å². The maximum absolute atomic E-state index is 12.3. The molecule has 0 bridgehead atoms. The zero-order valence-corrected chi connectivity index (χ0v) is 19.9. The monoisotopic (exact) mass is 460 g/mol. The van der Waals surface area contributed by atoms with E-state index in [-0.39, 0.29) is 18.1 Å². The molecule has 0 aliphatic heterocycles. The van der Waals surface area contributed by atoms with Gasteiger partial charge >= 0.3 is 0 Å². The fourth-order valence-corrected chi connectivity index (χ4v) is 5.10. The summed E-state index contributed by atoms with van der Waals surface area (Å²) >= 11 is 1.60. The minimum absolute atomic E-state index is 0.000843. The Kier molecular flexibility index (Phi) is 6.77. The van der Waals surface area contributed by atoms with Crippen LogP contribution >= 0.6 is 11.3 Å². The van der Waals surface area contributed by atoms with Crippen molar-refractivity contribution in [2.45, 2.75) is 58.2 Å². The summed E-state index contributed by atoms with van der Waals surface area (Å²) in [7, 11) is 0. The molecule has 1 aromatic heterocycles. The first-order valence-corrected chi connectivity index (χ1v) is 12.1. The van der Waals surface area contributed by atoms with Crippen LogP contribution in [0.2, 0.25) is 0 Å². The van der Waals surface area contributed by atoms with Crippen LogP contribution < -0.4 is 15.8 Å². The van der Waals surface area contributed by atoms with Gasteiger partial charge in [0.25, 0.3) is 0 Å². The van der Waals surface area contributed by atoms with E-state index in [1.807, 2.05) is 51.2 Å². The average Bonchev–Trinajstić information content (AvgIpc) is 3.46. The van der Waals surface area contributed by atoms with Crippen LogP contribution in [0.4, 0.5) is 0 Å². The molecule has 1 amide bonds. The van der Waals surface area contributed by atoms with Crippen molar-refractivity contribution in [1.29, 1.82) is 5.26 Å². The molecule has 170 valence electrons. The molecular weight excluding hydrogens is 432 g/mol. The predicted octanol–water partition coefficient (Wildman–Crippen LogP) is 4.98. The molecule has 4 rings (SSSR count). The second-order valence-electron chi connectivity index (χ2n) is 8.51. The molecule has 0 fully saturated rings. The lowest BCUT2D eigenvalue weighted by molar-refractivity contribution is -0.123. The average molecular weight is 461 g/mol. The second kappa shape index (κ2) is 9.74. The van der Waals surface area contributed by atoms with Crippen LogP contribution in [0.25, 0.3) is 21.0 Å². The van der Waals surface area contributed by atoms with Crippen molar-refractivity contribution >= 4 is 17.2 Å². The highest BCUT2D eigenvalue weighted by Crippen LogP contribution is 2.41. The molecule has 0 unspecified atom stereocenters. The second-order valence-corrected chi connectivity index (χ2v) is 9.54. The first-order chi connectivity index (χ1) is 15.9. The first-order valence-electron chi connectivity index (χ1n) is 11.3. The Morgan fingerprint density at radius 3 is 2.91 bits per heavy atom. The van der Waals surface area contributed by atoms with E-state index in [1.165, 1.54) is 5.56 Å². The van der Waals surface area contributed by atoms with Crippen LogP contribution in [0.15, 0.2) is 42.6 Å². The van der Waals surface area contributed by atoms with Crippen molar-refractivity contribution in [3.05, 3.63) is 59.3 Å². The van der Waals surface area contributed by atoms with Gasteiger partial charge in [-0.05, 0) is 68.0 Å². The Bertz CT molecular complexity index is 1210. The number of benzene rings is 2. The lowest BCUT2D eigenvalue weighted by atomic mass is 10.0. The zero-order valence-electron chi connectivity index (χ0n) is 19.1. The van der Waals surface area contributed by atoms with Gasteiger partial charge in [0.15, 0.2) is 0 Å². The van der Waals surface area contributed by atoms with E-state index < -0.39 is 6.04 Å². The third kappa shape index (κ3) is 4.77. The van der Waals surface area contributed by atoms with Crippen molar-refractivity contribution in [1.82, 2.24) is 10.3 Å². The molecule has 3 aromatic rings. The van der Waals surface area contributed by atoms with Gasteiger partial charge in [-0.15, -0.1) is 11.3 Å². The highest BCUT2D eigenvalue weighted by atomic mass is 32.1. The number of nitrogens with one attached hydrogen (secondary N) is 1. The highest BCUT2D eigenvalue weighted by Gasteiger charge is 2.28. The summed E-state index contributed by atoms with van der Waals surface area (Å²) in [6.07, 6.45) is 4.26. The summed E-state index contributed by atoms with van der Waals surface area (Å²) in [6.45, 7) is 5.79. The largest absolute Gasteiger partial charge is 0.490 e. The number of aromatic nitrogens is 1. The third-order valence-corrected chi connectivity index (χ3v) is 6.92. The van der Waals surface area contributed by atoms with E-state index in [9.17, 15) is 10.1 Å². The van der Waals surface area contributed by atoms with Crippen LogP contribution in [0, 0.1) is 11.3 Å². The highest BCUT2D eigenvalue weighted by molar-refractivity contribution is 7.18. The van der Waals surface area contributed by atoms with Gasteiger partial charge in [0.05, 0.1) is 28.6 Å². The van der Waals surface area contributed by atoms with Crippen LogP contribution in [0.3, 0.4) is 0 Å². The number of carbonyl (C=O) groups is 1. The van der Waals surface area contributed by atoms with Gasteiger partial charge in [-0.3, -0.25) is 4.79 Å². The van der Waals surface area contributed by atoms with E-state index in [4.69, 9.17) is 10.5 Å². The number of amides is 1. The molecule has 1 aliphatic carbocycles. The number of nitriles is 1. The molecule has 0 saturated carbocycles. The number of hydrogen-bond donors (Lipinski definition) is 2. The summed E-state index contributed by atoms with van der Waals surface area (Å²) in [5, 5.41) is 13.5. The quantitative estimate of drug-likeness (QED) is 0.518. The Labute approximate surface area is 198 Å².